The van der Waals surface area contributed by atoms with E-state index in [9.17, 15) is 4.79 Å². The summed E-state index contributed by atoms with van der Waals surface area (Å²) in [6.45, 7) is 1.94. The Hall–Kier alpha value is -3.02. The molecule has 1 aliphatic rings. The predicted molar refractivity (Wildman–Crippen MR) is 87.6 cm³/mol. The number of hydrazone groups is 1. The SMILES string of the molecule is CC(=NNC(=O)C1COc2ccccc2O1)c1cccc(N)c1. The number of benzene rings is 2. The predicted octanol–water partition coefficient (Wildman–Crippen LogP) is 1.95. The standard InChI is InChI=1S/C17H17N3O3/c1-11(12-5-4-6-13(18)9-12)19-20-17(21)16-10-22-14-7-2-3-8-15(14)23-16/h2-9,16H,10,18H2,1H3,(H,20,21). The summed E-state index contributed by atoms with van der Waals surface area (Å²) in [5, 5.41) is 4.09. The number of fused-ring (bicyclic) bond motifs is 1. The summed E-state index contributed by atoms with van der Waals surface area (Å²) in [6.07, 6.45) is -0.734. The molecule has 2 aromatic carbocycles. The molecule has 1 atom stereocenters. The second kappa shape index (κ2) is 6.39. The monoisotopic (exact) mass is 311 g/mol. The zero-order chi connectivity index (χ0) is 16.2. The first kappa shape index (κ1) is 14.9. The first-order valence-corrected chi connectivity index (χ1v) is 7.22. The molecule has 0 bridgehead atoms. The number of hydrogen-bond donors (Lipinski definition) is 2. The van der Waals surface area contributed by atoms with Gasteiger partial charge in [0.15, 0.2) is 11.5 Å². The zero-order valence-electron chi connectivity index (χ0n) is 12.7. The van der Waals surface area contributed by atoms with Gasteiger partial charge in [0.1, 0.15) is 6.61 Å². The highest BCUT2D eigenvalue weighted by molar-refractivity contribution is 6.00. The van der Waals surface area contributed by atoms with E-state index in [0.717, 1.165) is 5.56 Å². The molecule has 0 aliphatic carbocycles. The number of nitrogen functional groups attached to an aromatic ring is 1. The van der Waals surface area contributed by atoms with Crippen molar-refractivity contribution in [1.29, 1.82) is 0 Å². The van der Waals surface area contributed by atoms with Crippen molar-refractivity contribution in [3.63, 3.8) is 0 Å². The maximum Gasteiger partial charge on any atom is 0.284 e. The smallest absolute Gasteiger partial charge is 0.284 e. The lowest BCUT2D eigenvalue weighted by molar-refractivity contribution is -0.130. The Kier molecular flexibility index (Phi) is 4.14. The Morgan fingerprint density at radius 2 is 2.00 bits per heavy atom. The van der Waals surface area contributed by atoms with Crippen molar-refractivity contribution in [3.8, 4) is 11.5 Å². The molecule has 1 amide bonds. The van der Waals surface area contributed by atoms with Crippen molar-refractivity contribution >= 4 is 17.3 Å². The normalized spacial score (nSPS) is 16.7. The maximum absolute atomic E-state index is 12.2. The number of hydrogen-bond acceptors (Lipinski definition) is 5. The average molecular weight is 311 g/mol. The van der Waals surface area contributed by atoms with Crippen LogP contribution in [0, 0.1) is 0 Å². The molecule has 3 rings (SSSR count). The number of nitrogens with two attached hydrogens (primary N) is 1. The fraction of sp³-hybridized carbons (Fsp3) is 0.176. The first-order chi connectivity index (χ1) is 11.1. The molecule has 2 aromatic rings. The second-order valence-corrected chi connectivity index (χ2v) is 5.16. The van der Waals surface area contributed by atoms with Gasteiger partial charge >= 0.3 is 0 Å². The van der Waals surface area contributed by atoms with Crippen LogP contribution < -0.4 is 20.6 Å². The van der Waals surface area contributed by atoms with Crippen LogP contribution in [0.4, 0.5) is 5.69 Å². The molecule has 1 unspecified atom stereocenters. The van der Waals surface area contributed by atoms with Crippen molar-refractivity contribution in [2.45, 2.75) is 13.0 Å². The van der Waals surface area contributed by atoms with Crippen LogP contribution in [0.15, 0.2) is 53.6 Å². The Labute approximate surface area is 133 Å². The van der Waals surface area contributed by atoms with Crippen molar-refractivity contribution in [2.24, 2.45) is 5.10 Å². The lowest BCUT2D eigenvalue weighted by Crippen LogP contribution is -2.42. The Balaban J connectivity index is 1.65. The van der Waals surface area contributed by atoms with Gasteiger partial charge in [-0.2, -0.15) is 5.10 Å². The fourth-order valence-corrected chi connectivity index (χ4v) is 2.19. The molecule has 0 saturated heterocycles. The highest BCUT2D eigenvalue weighted by Crippen LogP contribution is 2.30. The van der Waals surface area contributed by atoms with Crippen LogP contribution in [0.3, 0.4) is 0 Å². The van der Waals surface area contributed by atoms with Crippen molar-refractivity contribution < 1.29 is 14.3 Å². The quantitative estimate of drug-likeness (QED) is 0.515. The van der Waals surface area contributed by atoms with E-state index in [1.165, 1.54) is 0 Å². The number of carbonyl (C=O) groups excluding carboxylic acids is 1. The third-order valence-electron chi connectivity index (χ3n) is 3.44. The Bertz CT molecular complexity index is 758. The van der Waals surface area contributed by atoms with Gasteiger partial charge in [-0.25, -0.2) is 5.43 Å². The molecule has 0 aromatic heterocycles. The number of nitrogens with zero attached hydrogens (tertiary/aromatic N) is 1. The van der Waals surface area contributed by atoms with Crippen LogP contribution in [0.2, 0.25) is 0 Å². The summed E-state index contributed by atoms with van der Waals surface area (Å²) < 4.78 is 11.1. The minimum atomic E-state index is -0.734. The number of amides is 1. The van der Waals surface area contributed by atoms with E-state index in [1.807, 2.05) is 24.3 Å². The molecule has 118 valence electrons. The highest BCUT2D eigenvalue weighted by atomic mass is 16.6. The van der Waals surface area contributed by atoms with Crippen molar-refractivity contribution in [3.05, 3.63) is 54.1 Å². The topological polar surface area (TPSA) is 85.9 Å². The molecule has 6 nitrogen and oxygen atoms in total. The largest absolute Gasteiger partial charge is 0.485 e. The Morgan fingerprint density at radius 1 is 1.22 bits per heavy atom. The summed E-state index contributed by atoms with van der Waals surface area (Å²) in [7, 11) is 0. The summed E-state index contributed by atoms with van der Waals surface area (Å²) in [4.78, 5) is 12.2. The van der Waals surface area contributed by atoms with E-state index in [1.54, 1.807) is 31.2 Å². The minimum absolute atomic E-state index is 0.149. The van der Waals surface area contributed by atoms with Gasteiger partial charge in [-0.1, -0.05) is 24.3 Å². The van der Waals surface area contributed by atoms with Crippen LogP contribution in [0.25, 0.3) is 0 Å². The van der Waals surface area contributed by atoms with Gasteiger partial charge in [0, 0.05) is 5.69 Å². The van der Waals surface area contributed by atoms with Gasteiger partial charge in [-0.05, 0) is 36.8 Å². The molecule has 0 radical (unpaired) electrons. The first-order valence-electron chi connectivity index (χ1n) is 7.22. The van der Waals surface area contributed by atoms with Gasteiger partial charge in [-0.3, -0.25) is 4.79 Å². The van der Waals surface area contributed by atoms with Crippen LogP contribution in [-0.4, -0.2) is 24.3 Å². The third-order valence-corrected chi connectivity index (χ3v) is 3.44. The number of anilines is 1. The van der Waals surface area contributed by atoms with E-state index in [-0.39, 0.29) is 12.5 Å². The maximum atomic E-state index is 12.2. The molecule has 3 N–H and O–H groups in total. The lowest BCUT2D eigenvalue weighted by Gasteiger charge is -2.24. The second-order valence-electron chi connectivity index (χ2n) is 5.16. The molecule has 1 aliphatic heterocycles. The molecular weight excluding hydrogens is 294 g/mol. The molecule has 23 heavy (non-hydrogen) atoms. The molecule has 0 fully saturated rings. The van der Waals surface area contributed by atoms with Crippen LogP contribution in [0.1, 0.15) is 12.5 Å². The van der Waals surface area contributed by atoms with Crippen LogP contribution in [-0.2, 0) is 4.79 Å². The van der Waals surface area contributed by atoms with Gasteiger partial charge in [0.2, 0.25) is 6.10 Å². The average Bonchev–Trinajstić information content (AvgIpc) is 2.59. The van der Waals surface area contributed by atoms with Gasteiger partial charge in [0.05, 0.1) is 5.71 Å². The summed E-state index contributed by atoms with van der Waals surface area (Å²) >= 11 is 0. The molecular formula is C17H17N3O3. The van der Waals surface area contributed by atoms with Gasteiger partial charge in [0.25, 0.3) is 5.91 Å². The number of carbonyl (C=O) groups is 1. The van der Waals surface area contributed by atoms with E-state index >= 15 is 0 Å². The van der Waals surface area contributed by atoms with Crippen molar-refractivity contribution in [1.82, 2.24) is 5.43 Å². The highest BCUT2D eigenvalue weighted by Gasteiger charge is 2.27. The third kappa shape index (κ3) is 3.42. The molecule has 0 saturated carbocycles. The minimum Gasteiger partial charge on any atom is -0.485 e. The van der Waals surface area contributed by atoms with Gasteiger partial charge in [-0.15, -0.1) is 0 Å². The van der Waals surface area contributed by atoms with Crippen molar-refractivity contribution in [2.75, 3.05) is 12.3 Å². The number of rotatable bonds is 3. The van der Waals surface area contributed by atoms with Crippen LogP contribution in [0.5, 0.6) is 11.5 Å². The number of nitrogens with one attached hydrogen (secondary N) is 1. The number of ether oxygens (including phenoxy) is 2. The van der Waals surface area contributed by atoms with Gasteiger partial charge < -0.3 is 15.2 Å². The summed E-state index contributed by atoms with van der Waals surface area (Å²) in [6, 6.07) is 14.5. The van der Waals surface area contributed by atoms with Crippen LogP contribution >= 0.6 is 0 Å². The van der Waals surface area contributed by atoms with E-state index < -0.39 is 6.10 Å². The molecule has 1 heterocycles. The summed E-state index contributed by atoms with van der Waals surface area (Å²) in [5.41, 5.74) is 10.4. The zero-order valence-corrected chi connectivity index (χ0v) is 12.7. The Morgan fingerprint density at radius 3 is 2.78 bits per heavy atom. The van der Waals surface area contributed by atoms with E-state index in [0.29, 0.717) is 22.9 Å². The summed E-state index contributed by atoms with van der Waals surface area (Å²) in [5.74, 6) is 0.828. The molecule has 6 heteroatoms. The van der Waals surface area contributed by atoms with E-state index in [2.05, 4.69) is 10.5 Å². The lowest BCUT2D eigenvalue weighted by atomic mass is 10.1. The number of para-hydroxylation sites is 2. The molecule has 0 spiro atoms. The van der Waals surface area contributed by atoms with E-state index in [4.69, 9.17) is 15.2 Å². The fourth-order valence-electron chi connectivity index (χ4n) is 2.19.